The monoisotopic (exact) mass is 493 g/mol. The Hall–Kier alpha value is -2.37. The molecule has 2 fully saturated rings. The number of alkyl halides is 2. The highest BCUT2D eigenvalue weighted by Gasteiger charge is 2.56. The van der Waals surface area contributed by atoms with E-state index in [4.69, 9.17) is 16.3 Å². The second-order valence-corrected chi connectivity index (χ2v) is 11.4. The van der Waals surface area contributed by atoms with Gasteiger partial charge in [-0.3, -0.25) is 4.90 Å². The number of aromatic nitrogens is 5. The summed E-state index contributed by atoms with van der Waals surface area (Å²) in [5, 5.41) is 11.3. The van der Waals surface area contributed by atoms with Gasteiger partial charge in [0.15, 0.2) is 11.7 Å². The molecule has 0 saturated carbocycles. The minimum absolute atomic E-state index is 0.102. The lowest BCUT2D eigenvalue weighted by Crippen LogP contribution is -2.74. The van der Waals surface area contributed by atoms with Crippen molar-refractivity contribution in [2.24, 2.45) is 5.41 Å². The van der Waals surface area contributed by atoms with Crippen LogP contribution in [0.15, 0.2) is 30.5 Å². The van der Waals surface area contributed by atoms with Crippen LogP contribution in [0.3, 0.4) is 0 Å². The standard InChI is InChI=1S/C21H25ClFN7O2S/c1-19(2,3)32-16(31)9-30-26-17(25-27-30)14-8-24-18(33-14)29-12-20(13-29)10-28(11-20)15-6-4-5-7-21(15,22)23/h4-8,15H,9-13H2,1-3H3. The van der Waals surface area contributed by atoms with Crippen molar-refractivity contribution < 1.29 is 13.9 Å². The number of tetrazole rings is 1. The average Bonchev–Trinajstić information content (AvgIpc) is 3.28. The zero-order valence-corrected chi connectivity index (χ0v) is 20.2. The molecule has 5 rings (SSSR count). The molecule has 0 N–H and O–H groups in total. The largest absolute Gasteiger partial charge is 0.459 e. The number of esters is 1. The Morgan fingerprint density at radius 1 is 1.30 bits per heavy atom. The number of anilines is 1. The van der Waals surface area contributed by atoms with E-state index in [0.29, 0.717) is 5.82 Å². The summed E-state index contributed by atoms with van der Waals surface area (Å²) in [4.78, 5) is 22.8. The Kier molecular flexibility index (Phi) is 5.33. The topological polar surface area (TPSA) is 89.3 Å². The van der Waals surface area contributed by atoms with Gasteiger partial charge in [0, 0.05) is 31.6 Å². The van der Waals surface area contributed by atoms with Crippen LogP contribution in [0.1, 0.15) is 20.8 Å². The molecule has 0 amide bonds. The van der Waals surface area contributed by atoms with Gasteiger partial charge in [0.05, 0.1) is 17.1 Å². The summed E-state index contributed by atoms with van der Waals surface area (Å²) >= 11 is 7.51. The zero-order valence-electron chi connectivity index (χ0n) is 18.6. The Balaban J connectivity index is 1.15. The van der Waals surface area contributed by atoms with Crippen molar-refractivity contribution in [3.05, 3.63) is 30.5 Å². The van der Waals surface area contributed by atoms with Crippen LogP contribution < -0.4 is 4.90 Å². The van der Waals surface area contributed by atoms with Gasteiger partial charge in [-0.1, -0.05) is 41.2 Å². The summed E-state index contributed by atoms with van der Waals surface area (Å²) in [6, 6.07) is -0.426. The molecule has 4 heterocycles. The number of carbonyl (C=O) groups is 1. The molecule has 12 heteroatoms. The van der Waals surface area contributed by atoms with Crippen molar-refractivity contribution in [2.75, 3.05) is 31.1 Å². The summed E-state index contributed by atoms with van der Waals surface area (Å²) in [6.45, 7) is 8.67. The third kappa shape index (κ3) is 4.53. The Morgan fingerprint density at radius 2 is 2.06 bits per heavy atom. The number of nitrogens with zero attached hydrogens (tertiary/aromatic N) is 7. The van der Waals surface area contributed by atoms with Crippen LogP contribution in [0.5, 0.6) is 0 Å². The van der Waals surface area contributed by atoms with Crippen LogP contribution in [0.2, 0.25) is 0 Å². The van der Waals surface area contributed by atoms with Gasteiger partial charge in [0.2, 0.25) is 11.0 Å². The van der Waals surface area contributed by atoms with Crippen LogP contribution >= 0.6 is 22.9 Å². The second-order valence-electron chi connectivity index (χ2n) is 9.86. The first kappa shape index (κ1) is 22.4. The van der Waals surface area contributed by atoms with Crippen LogP contribution in [0, 0.1) is 5.41 Å². The van der Waals surface area contributed by atoms with Crippen LogP contribution in [-0.2, 0) is 16.1 Å². The van der Waals surface area contributed by atoms with Gasteiger partial charge in [0.25, 0.3) is 0 Å². The van der Waals surface area contributed by atoms with Crippen molar-refractivity contribution in [1.82, 2.24) is 30.1 Å². The molecule has 2 unspecified atom stereocenters. The fraction of sp³-hybridized carbons (Fsp3) is 0.571. The summed E-state index contributed by atoms with van der Waals surface area (Å²) in [7, 11) is 0. The highest BCUT2D eigenvalue weighted by atomic mass is 35.5. The molecule has 0 aromatic carbocycles. The summed E-state index contributed by atoms with van der Waals surface area (Å²) in [6.07, 6.45) is 8.45. The predicted octanol–water partition coefficient (Wildman–Crippen LogP) is 2.66. The highest BCUT2D eigenvalue weighted by molar-refractivity contribution is 7.18. The smallest absolute Gasteiger partial charge is 0.330 e. The minimum Gasteiger partial charge on any atom is -0.459 e. The van der Waals surface area contributed by atoms with E-state index < -0.39 is 22.7 Å². The maximum Gasteiger partial charge on any atom is 0.330 e. The molecule has 9 nitrogen and oxygen atoms in total. The fourth-order valence-corrected chi connectivity index (χ4v) is 5.59. The number of hydrogen-bond acceptors (Lipinski definition) is 9. The van der Waals surface area contributed by atoms with Gasteiger partial charge in [-0.25, -0.2) is 14.2 Å². The molecule has 2 aromatic rings. The first-order chi connectivity index (χ1) is 15.5. The summed E-state index contributed by atoms with van der Waals surface area (Å²) in [5.74, 6) is 0.00155. The summed E-state index contributed by atoms with van der Waals surface area (Å²) < 4.78 is 19.8. The maximum absolute atomic E-state index is 14.6. The van der Waals surface area contributed by atoms with Crippen molar-refractivity contribution in [2.45, 2.75) is 44.1 Å². The van der Waals surface area contributed by atoms with Gasteiger partial charge >= 0.3 is 5.97 Å². The Morgan fingerprint density at radius 3 is 2.76 bits per heavy atom. The lowest BCUT2D eigenvalue weighted by Gasteiger charge is -2.62. The van der Waals surface area contributed by atoms with E-state index in [1.165, 1.54) is 22.2 Å². The Labute approximate surface area is 199 Å². The number of ether oxygens (including phenoxy) is 1. The quantitative estimate of drug-likeness (QED) is 0.464. The van der Waals surface area contributed by atoms with E-state index in [-0.39, 0.29) is 12.0 Å². The number of carbonyl (C=O) groups excluding carboxylic acids is 1. The molecule has 2 aliphatic heterocycles. The van der Waals surface area contributed by atoms with E-state index in [2.05, 4.69) is 30.2 Å². The number of allylic oxidation sites excluding steroid dienone is 2. The van der Waals surface area contributed by atoms with E-state index in [0.717, 1.165) is 36.2 Å². The molecule has 0 radical (unpaired) electrons. The molecule has 2 saturated heterocycles. The third-order valence-corrected chi connectivity index (χ3v) is 7.17. The SMILES string of the molecule is CC(C)(C)OC(=O)Cn1nnc(-c2cnc(N3CC4(C3)CN(C3C=CC=CC3(F)Cl)C4)s2)n1. The molecule has 1 spiro atoms. The minimum atomic E-state index is -1.85. The van der Waals surface area contributed by atoms with Gasteiger partial charge in [-0.05, 0) is 32.1 Å². The zero-order chi connectivity index (χ0) is 23.4. The lowest BCUT2D eigenvalue weighted by atomic mass is 9.72. The van der Waals surface area contributed by atoms with Crippen molar-refractivity contribution in [3.63, 3.8) is 0 Å². The molecule has 1 aliphatic carbocycles. The highest BCUT2D eigenvalue weighted by Crippen LogP contribution is 2.46. The molecule has 2 atom stereocenters. The molecule has 3 aliphatic rings. The van der Waals surface area contributed by atoms with Gasteiger partial charge in [0.1, 0.15) is 5.60 Å². The number of thiazole rings is 1. The number of likely N-dealkylation sites (tertiary alicyclic amines) is 1. The fourth-order valence-electron chi connectivity index (χ4n) is 4.47. The second kappa shape index (κ2) is 7.85. The molecule has 0 bridgehead atoms. The van der Waals surface area contributed by atoms with Gasteiger partial charge in [-0.15, -0.1) is 10.2 Å². The summed E-state index contributed by atoms with van der Waals surface area (Å²) in [5.41, 5.74) is -0.412. The first-order valence-electron chi connectivity index (χ1n) is 10.7. The Bertz CT molecular complexity index is 1110. The molecular formula is C21H25ClFN7O2S. The number of hydrogen-bond donors (Lipinski definition) is 0. The van der Waals surface area contributed by atoms with E-state index in [1.54, 1.807) is 12.3 Å². The third-order valence-electron chi connectivity index (χ3n) is 5.77. The van der Waals surface area contributed by atoms with Crippen LogP contribution in [-0.4, -0.2) is 79.0 Å². The number of rotatable bonds is 5. The maximum atomic E-state index is 14.6. The molecular weight excluding hydrogens is 469 g/mol. The molecule has 33 heavy (non-hydrogen) atoms. The van der Waals surface area contributed by atoms with Crippen molar-refractivity contribution in [3.8, 4) is 10.7 Å². The van der Waals surface area contributed by atoms with Gasteiger partial charge in [-0.2, -0.15) is 4.80 Å². The average molecular weight is 494 g/mol. The predicted molar refractivity (Wildman–Crippen MR) is 123 cm³/mol. The van der Waals surface area contributed by atoms with Gasteiger partial charge < -0.3 is 9.64 Å². The van der Waals surface area contributed by atoms with Crippen molar-refractivity contribution >= 4 is 34.0 Å². The normalized spacial score (nSPS) is 26.3. The van der Waals surface area contributed by atoms with E-state index in [1.807, 2.05) is 32.9 Å². The van der Waals surface area contributed by atoms with E-state index in [9.17, 15) is 9.18 Å². The first-order valence-corrected chi connectivity index (χ1v) is 11.9. The van der Waals surface area contributed by atoms with Crippen LogP contribution in [0.4, 0.5) is 9.52 Å². The lowest BCUT2D eigenvalue weighted by molar-refractivity contribution is -0.156. The number of halogens is 2. The molecule has 2 aromatic heterocycles. The van der Waals surface area contributed by atoms with E-state index >= 15 is 0 Å². The van der Waals surface area contributed by atoms with Crippen LogP contribution in [0.25, 0.3) is 10.7 Å². The molecule has 176 valence electrons. The van der Waals surface area contributed by atoms with Crippen molar-refractivity contribution in [1.29, 1.82) is 0 Å².